The van der Waals surface area contributed by atoms with Crippen molar-refractivity contribution in [3.8, 4) is 0 Å². The van der Waals surface area contributed by atoms with E-state index in [-0.39, 0.29) is 36.5 Å². The summed E-state index contributed by atoms with van der Waals surface area (Å²) in [6.45, 7) is 2.05. The fourth-order valence-electron chi connectivity index (χ4n) is 2.26. The zero-order chi connectivity index (χ0) is 15.7. The summed E-state index contributed by atoms with van der Waals surface area (Å²) in [5.74, 6) is -0.793. The van der Waals surface area contributed by atoms with Crippen LogP contribution < -0.4 is 10.6 Å². The van der Waals surface area contributed by atoms with Crippen LogP contribution in [0.15, 0.2) is 0 Å². The van der Waals surface area contributed by atoms with Gasteiger partial charge in [-0.25, -0.2) is 4.79 Å². The molecule has 2 atom stereocenters. The number of nitrogens with zero attached hydrogens (tertiary/aromatic N) is 1. The molecule has 0 aromatic carbocycles. The van der Waals surface area contributed by atoms with Crippen molar-refractivity contribution in [2.75, 3.05) is 30.8 Å². The van der Waals surface area contributed by atoms with Crippen LogP contribution in [-0.4, -0.2) is 54.4 Å². The van der Waals surface area contributed by atoms with Crippen LogP contribution in [0.5, 0.6) is 0 Å². The summed E-state index contributed by atoms with van der Waals surface area (Å²) in [6.07, 6.45) is -1.52. The van der Waals surface area contributed by atoms with Crippen molar-refractivity contribution in [2.24, 2.45) is 0 Å². The third-order valence-corrected chi connectivity index (χ3v) is 4.74. The van der Waals surface area contributed by atoms with Crippen LogP contribution in [0.4, 0.5) is 10.7 Å². The van der Waals surface area contributed by atoms with Gasteiger partial charge >= 0.3 is 5.97 Å². The SMILES string of the molecule is CCC(=O)c1sc(N2CC(O)C(O)C2)c(C(=O)OC)c1N. The average molecular weight is 314 g/mol. The van der Waals surface area contributed by atoms with Crippen LogP contribution in [0, 0.1) is 0 Å². The Morgan fingerprint density at radius 3 is 2.43 bits per heavy atom. The number of hydrogen-bond acceptors (Lipinski definition) is 8. The molecule has 1 aliphatic rings. The van der Waals surface area contributed by atoms with Gasteiger partial charge in [0.2, 0.25) is 0 Å². The molecule has 21 heavy (non-hydrogen) atoms. The van der Waals surface area contributed by atoms with E-state index in [1.54, 1.807) is 11.8 Å². The molecule has 0 bridgehead atoms. The van der Waals surface area contributed by atoms with E-state index in [1.165, 1.54) is 7.11 Å². The highest BCUT2D eigenvalue weighted by molar-refractivity contribution is 7.19. The second-order valence-corrected chi connectivity index (χ2v) is 5.83. The van der Waals surface area contributed by atoms with Crippen LogP contribution in [0.1, 0.15) is 33.4 Å². The first-order valence-corrected chi connectivity index (χ1v) is 7.37. The number of ketones is 1. The Bertz CT molecular complexity index is 561. The van der Waals surface area contributed by atoms with E-state index < -0.39 is 18.2 Å². The third kappa shape index (κ3) is 2.74. The van der Waals surface area contributed by atoms with Gasteiger partial charge in [0.1, 0.15) is 10.6 Å². The summed E-state index contributed by atoms with van der Waals surface area (Å²) in [4.78, 5) is 25.8. The number of methoxy groups -OCH3 is 1. The molecule has 1 aromatic rings. The third-order valence-electron chi connectivity index (χ3n) is 3.44. The number of carbonyl (C=O) groups is 2. The van der Waals surface area contributed by atoms with Gasteiger partial charge in [0, 0.05) is 19.5 Å². The number of nitrogens with two attached hydrogens (primary N) is 1. The number of ether oxygens (including phenoxy) is 1. The van der Waals surface area contributed by atoms with Crippen LogP contribution in [0.3, 0.4) is 0 Å². The molecule has 4 N–H and O–H groups in total. The van der Waals surface area contributed by atoms with Crippen LogP contribution in [0.25, 0.3) is 0 Å². The number of Topliss-reactive ketones (excluding diaryl/α,β-unsaturated/α-hetero) is 1. The Hall–Kier alpha value is -1.64. The molecule has 8 heteroatoms. The van der Waals surface area contributed by atoms with Crippen molar-refractivity contribution in [1.82, 2.24) is 0 Å². The van der Waals surface area contributed by atoms with Gasteiger partial charge in [-0.3, -0.25) is 4.79 Å². The summed E-state index contributed by atoms with van der Waals surface area (Å²) < 4.78 is 4.72. The Morgan fingerprint density at radius 2 is 1.95 bits per heavy atom. The molecule has 0 radical (unpaired) electrons. The molecule has 1 aromatic heterocycles. The Kier molecular flexibility index (Phi) is 4.50. The lowest BCUT2D eigenvalue weighted by Crippen LogP contribution is -2.22. The van der Waals surface area contributed by atoms with E-state index in [0.29, 0.717) is 9.88 Å². The highest BCUT2D eigenvalue weighted by atomic mass is 32.1. The minimum absolute atomic E-state index is 0.101. The van der Waals surface area contributed by atoms with Crippen molar-refractivity contribution >= 4 is 33.8 Å². The molecule has 1 aliphatic heterocycles. The molecule has 0 amide bonds. The molecule has 0 saturated carbocycles. The number of esters is 1. The number of β-amino-alcohol motifs (C(OH)–C–C–N with tert-alkyl or cyclic N) is 2. The molecule has 2 unspecified atom stereocenters. The predicted molar refractivity (Wildman–Crippen MR) is 78.9 cm³/mol. The zero-order valence-corrected chi connectivity index (χ0v) is 12.6. The predicted octanol–water partition coefficient (Wildman–Crippen LogP) is 0.251. The lowest BCUT2D eigenvalue weighted by atomic mass is 10.1. The summed E-state index contributed by atoms with van der Waals surface area (Å²) in [5.41, 5.74) is 6.16. The molecule has 0 spiro atoms. The molecule has 0 aliphatic carbocycles. The van der Waals surface area contributed by atoms with Crippen LogP contribution in [0.2, 0.25) is 0 Å². The first-order valence-electron chi connectivity index (χ1n) is 6.55. The van der Waals surface area contributed by atoms with E-state index >= 15 is 0 Å². The van der Waals surface area contributed by atoms with E-state index in [1.807, 2.05) is 0 Å². The monoisotopic (exact) mass is 314 g/mol. The summed E-state index contributed by atoms with van der Waals surface area (Å²) in [6, 6.07) is 0. The molecule has 7 nitrogen and oxygen atoms in total. The fraction of sp³-hybridized carbons (Fsp3) is 0.538. The quantitative estimate of drug-likeness (QED) is 0.539. The van der Waals surface area contributed by atoms with Gasteiger partial charge in [-0.2, -0.15) is 0 Å². The second kappa shape index (κ2) is 6.00. The fourth-order valence-corrected chi connectivity index (χ4v) is 3.49. The molecular weight excluding hydrogens is 296 g/mol. The van der Waals surface area contributed by atoms with E-state index in [4.69, 9.17) is 10.5 Å². The topological polar surface area (TPSA) is 113 Å². The molecule has 2 heterocycles. The largest absolute Gasteiger partial charge is 0.465 e. The maximum Gasteiger partial charge on any atom is 0.343 e. The maximum atomic E-state index is 11.9. The number of carbonyl (C=O) groups excluding carboxylic acids is 2. The average Bonchev–Trinajstić information content (AvgIpc) is 2.98. The molecular formula is C13H18N2O5S. The molecule has 1 saturated heterocycles. The van der Waals surface area contributed by atoms with Gasteiger partial charge < -0.3 is 25.6 Å². The Labute approximate surface area is 125 Å². The first kappa shape index (κ1) is 15.7. The molecule has 116 valence electrons. The van der Waals surface area contributed by atoms with Crippen molar-refractivity contribution in [3.05, 3.63) is 10.4 Å². The van der Waals surface area contributed by atoms with Gasteiger partial charge in [-0.1, -0.05) is 6.92 Å². The standard InChI is InChI=1S/C13H18N2O5S/c1-3-6(16)11-10(14)9(13(19)20-2)12(21-11)15-4-7(17)8(18)5-15/h7-8,17-18H,3-5,14H2,1-2H3. The van der Waals surface area contributed by atoms with Crippen LogP contribution >= 0.6 is 11.3 Å². The maximum absolute atomic E-state index is 11.9. The highest BCUT2D eigenvalue weighted by Crippen LogP contribution is 2.40. The van der Waals surface area contributed by atoms with Gasteiger partial charge in [0.05, 0.1) is 29.9 Å². The number of anilines is 2. The number of aliphatic hydroxyl groups excluding tert-OH is 2. The van der Waals surface area contributed by atoms with Crippen molar-refractivity contribution in [3.63, 3.8) is 0 Å². The van der Waals surface area contributed by atoms with Crippen molar-refractivity contribution in [2.45, 2.75) is 25.6 Å². The van der Waals surface area contributed by atoms with E-state index in [0.717, 1.165) is 11.3 Å². The second-order valence-electron chi connectivity index (χ2n) is 4.83. The van der Waals surface area contributed by atoms with Crippen molar-refractivity contribution in [1.29, 1.82) is 0 Å². The number of thiophene rings is 1. The Morgan fingerprint density at radius 1 is 1.38 bits per heavy atom. The first-order chi connectivity index (χ1) is 9.90. The molecule has 1 fully saturated rings. The number of aliphatic hydroxyl groups is 2. The zero-order valence-electron chi connectivity index (χ0n) is 11.8. The number of nitrogen functional groups attached to an aromatic ring is 1. The van der Waals surface area contributed by atoms with Gasteiger partial charge in [-0.15, -0.1) is 11.3 Å². The van der Waals surface area contributed by atoms with E-state index in [9.17, 15) is 19.8 Å². The minimum Gasteiger partial charge on any atom is -0.465 e. The highest BCUT2D eigenvalue weighted by Gasteiger charge is 2.35. The lowest BCUT2D eigenvalue weighted by molar-refractivity contribution is 0.0572. The molecule has 2 rings (SSSR count). The Balaban J connectivity index is 2.49. The summed E-state index contributed by atoms with van der Waals surface area (Å²) in [7, 11) is 1.23. The summed E-state index contributed by atoms with van der Waals surface area (Å²) >= 11 is 1.09. The van der Waals surface area contributed by atoms with Gasteiger partial charge in [0.25, 0.3) is 0 Å². The van der Waals surface area contributed by atoms with Crippen LogP contribution in [-0.2, 0) is 4.74 Å². The van der Waals surface area contributed by atoms with E-state index in [2.05, 4.69) is 0 Å². The van der Waals surface area contributed by atoms with Gasteiger partial charge in [-0.05, 0) is 0 Å². The minimum atomic E-state index is -0.899. The summed E-state index contributed by atoms with van der Waals surface area (Å²) in [5, 5.41) is 19.7. The van der Waals surface area contributed by atoms with Gasteiger partial charge in [0.15, 0.2) is 5.78 Å². The number of hydrogen-bond donors (Lipinski definition) is 3. The van der Waals surface area contributed by atoms with Crippen molar-refractivity contribution < 1.29 is 24.5 Å². The smallest absolute Gasteiger partial charge is 0.343 e. The lowest BCUT2D eigenvalue weighted by Gasteiger charge is -2.16. The normalized spacial score (nSPS) is 21.6. The number of rotatable bonds is 4.